The molecule has 0 unspecified atom stereocenters. The maximum Gasteiger partial charge on any atom is 0.224 e. The molecular weight excluding hydrogens is 312 g/mol. The van der Waals surface area contributed by atoms with Crippen LogP contribution in [0.25, 0.3) is 0 Å². The van der Waals surface area contributed by atoms with Crippen LogP contribution in [-0.4, -0.2) is 10.9 Å². The average molecular weight is 325 g/mol. The third-order valence-electron chi connectivity index (χ3n) is 2.38. The molecule has 0 saturated heterocycles. The van der Waals surface area contributed by atoms with Crippen molar-refractivity contribution in [3.8, 4) is 0 Å². The molecule has 0 spiro atoms. The van der Waals surface area contributed by atoms with E-state index < -0.39 is 0 Å². The molecule has 5 heteroatoms. The third-order valence-corrected chi connectivity index (χ3v) is 3.70. The van der Waals surface area contributed by atoms with Gasteiger partial charge in [-0.2, -0.15) is 0 Å². The first-order valence-electron chi connectivity index (χ1n) is 5.60. The molecule has 3 nitrogen and oxygen atoms in total. The Balaban J connectivity index is 1.85. The molecule has 0 aliphatic carbocycles. The molecule has 0 aliphatic heterocycles. The molecule has 1 aromatic carbocycles. The van der Waals surface area contributed by atoms with Gasteiger partial charge in [0.15, 0.2) is 0 Å². The minimum absolute atomic E-state index is 0.0127. The summed E-state index contributed by atoms with van der Waals surface area (Å²) in [5, 5.41) is 5.91. The van der Waals surface area contributed by atoms with Crippen LogP contribution in [-0.2, 0) is 11.2 Å². The van der Waals surface area contributed by atoms with Crippen molar-refractivity contribution in [3.05, 3.63) is 44.8 Å². The molecule has 0 bridgehead atoms. The van der Waals surface area contributed by atoms with Crippen LogP contribution >= 0.6 is 27.3 Å². The Hall–Kier alpha value is -1.20. The molecule has 1 aromatic heterocycles. The topological polar surface area (TPSA) is 42.0 Å². The first kappa shape index (κ1) is 13.2. The van der Waals surface area contributed by atoms with Gasteiger partial charge in [-0.3, -0.25) is 4.79 Å². The second-order valence-electron chi connectivity index (χ2n) is 3.92. The van der Waals surface area contributed by atoms with Crippen LogP contribution in [0.2, 0.25) is 0 Å². The van der Waals surface area contributed by atoms with Crippen LogP contribution in [0.5, 0.6) is 0 Å². The lowest BCUT2D eigenvalue weighted by atomic mass is 10.2. The number of carbonyl (C=O) groups excluding carboxylic acids is 1. The number of carbonyl (C=O) groups is 1. The van der Waals surface area contributed by atoms with E-state index in [-0.39, 0.29) is 5.91 Å². The summed E-state index contributed by atoms with van der Waals surface area (Å²) in [7, 11) is 0. The van der Waals surface area contributed by atoms with Gasteiger partial charge in [0.25, 0.3) is 0 Å². The third kappa shape index (κ3) is 3.92. The number of rotatable bonds is 4. The zero-order chi connectivity index (χ0) is 13.0. The van der Waals surface area contributed by atoms with Crippen LogP contribution in [0, 0.1) is 6.92 Å². The molecule has 1 amide bonds. The summed E-state index contributed by atoms with van der Waals surface area (Å²) in [6.45, 7) is 1.97. The molecule has 2 aromatic rings. The van der Waals surface area contributed by atoms with E-state index in [4.69, 9.17) is 0 Å². The van der Waals surface area contributed by atoms with Gasteiger partial charge in [0.05, 0.1) is 10.7 Å². The summed E-state index contributed by atoms with van der Waals surface area (Å²) in [5.41, 5.74) is 1.80. The number of amides is 1. The lowest BCUT2D eigenvalue weighted by Crippen LogP contribution is -2.12. The summed E-state index contributed by atoms with van der Waals surface area (Å²) >= 11 is 4.98. The number of aryl methyl sites for hydroxylation is 2. The lowest BCUT2D eigenvalue weighted by molar-refractivity contribution is -0.116. The van der Waals surface area contributed by atoms with Crippen LogP contribution in [0.1, 0.15) is 17.1 Å². The summed E-state index contributed by atoms with van der Waals surface area (Å²) in [5.74, 6) is 0.0127. The minimum Gasteiger partial charge on any atom is -0.326 e. The Kier molecular flexibility index (Phi) is 4.49. The van der Waals surface area contributed by atoms with Gasteiger partial charge in [-0.25, -0.2) is 4.98 Å². The number of thiazole rings is 1. The maximum atomic E-state index is 11.8. The van der Waals surface area contributed by atoms with Crippen LogP contribution in [0.3, 0.4) is 0 Å². The second kappa shape index (κ2) is 6.11. The molecule has 2 rings (SSSR count). The molecule has 94 valence electrons. The number of halogens is 1. The first-order valence-corrected chi connectivity index (χ1v) is 7.27. The van der Waals surface area contributed by atoms with Crippen LogP contribution < -0.4 is 5.32 Å². The fraction of sp³-hybridized carbons (Fsp3) is 0.231. The van der Waals surface area contributed by atoms with E-state index in [9.17, 15) is 4.79 Å². The number of aromatic nitrogens is 1. The van der Waals surface area contributed by atoms with E-state index in [1.807, 2.05) is 36.6 Å². The molecular formula is C13H13BrN2OS. The largest absolute Gasteiger partial charge is 0.326 e. The minimum atomic E-state index is 0.0127. The smallest absolute Gasteiger partial charge is 0.224 e. The highest BCUT2D eigenvalue weighted by Crippen LogP contribution is 2.16. The summed E-state index contributed by atoms with van der Waals surface area (Å²) in [6, 6.07) is 7.57. The number of hydrogen-bond acceptors (Lipinski definition) is 3. The van der Waals surface area contributed by atoms with E-state index in [0.717, 1.165) is 20.9 Å². The maximum absolute atomic E-state index is 11.8. The summed E-state index contributed by atoms with van der Waals surface area (Å²) in [4.78, 5) is 16.1. The van der Waals surface area contributed by atoms with Crippen LogP contribution in [0.15, 0.2) is 34.1 Å². The fourth-order valence-corrected chi connectivity index (χ4v) is 2.60. The molecule has 0 fully saturated rings. The number of benzene rings is 1. The Morgan fingerprint density at radius 2 is 2.33 bits per heavy atom. The number of nitrogens with zero attached hydrogens (tertiary/aromatic N) is 1. The molecule has 0 radical (unpaired) electrons. The zero-order valence-electron chi connectivity index (χ0n) is 9.94. The molecule has 0 aliphatic rings. The number of nitrogens with one attached hydrogen (secondary N) is 1. The van der Waals surface area contributed by atoms with Crippen molar-refractivity contribution in [1.82, 2.24) is 4.98 Å². The van der Waals surface area contributed by atoms with E-state index in [0.29, 0.717) is 12.8 Å². The predicted molar refractivity (Wildman–Crippen MR) is 77.9 cm³/mol. The van der Waals surface area contributed by atoms with Crippen molar-refractivity contribution in [3.63, 3.8) is 0 Å². The highest BCUT2D eigenvalue weighted by atomic mass is 79.9. The molecule has 0 atom stereocenters. The Morgan fingerprint density at radius 1 is 1.50 bits per heavy atom. The van der Waals surface area contributed by atoms with Crippen LogP contribution in [0.4, 0.5) is 5.69 Å². The quantitative estimate of drug-likeness (QED) is 0.929. The van der Waals surface area contributed by atoms with Crippen molar-refractivity contribution < 1.29 is 4.79 Å². The van der Waals surface area contributed by atoms with Crippen molar-refractivity contribution in [2.24, 2.45) is 0 Å². The lowest BCUT2D eigenvalue weighted by Gasteiger charge is -2.04. The standard InChI is InChI=1S/C13H13BrN2OS/c1-9-15-12(8-18-9)5-6-13(17)16-11-4-2-3-10(14)7-11/h2-4,7-8H,5-6H2,1H3,(H,16,17). The van der Waals surface area contributed by atoms with Gasteiger partial charge in [-0.1, -0.05) is 22.0 Å². The van der Waals surface area contributed by atoms with Gasteiger partial charge >= 0.3 is 0 Å². The van der Waals surface area contributed by atoms with Gasteiger partial charge in [0, 0.05) is 22.0 Å². The number of hydrogen-bond donors (Lipinski definition) is 1. The van der Waals surface area contributed by atoms with E-state index >= 15 is 0 Å². The van der Waals surface area contributed by atoms with Gasteiger partial charge in [-0.15, -0.1) is 11.3 Å². The summed E-state index contributed by atoms with van der Waals surface area (Å²) in [6.07, 6.45) is 1.14. The average Bonchev–Trinajstić information content (AvgIpc) is 2.73. The van der Waals surface area contributed by atoms with E-state index in [1.165, 1.54) is 0 Å². The highest BCUT2D eigenvalue weighted by molar-refractivity contribution is 9.10. The number of anilines is 1. The molecule has 1 heterocycles. The fourth-order valence-electron chi connectivity index (χ4n) is 1.55. The Bertz CT molecular complexity index is 553. The Morgan fingerprint density at radius 3 is 3.00 bits per heavy atom. The predicted octanol–water partition coefficient (Wildman–Crippen LogP) is 3.79. The van der Waals surface area contributed by atoms with Gasteiger partial charge in [0.1, 0.15) is 0 Å². The van der Waals surface area contributed by atoms with Crippen molar-refractivity contribution >= 4 is 38.9 Å². The van der Waals surface area contributed by atoms with Crippen molar-refractivity contribution in [2.75, 3.05) is 5.32 Å². The zero-order valence-corrected chi connectivity index (χ0v) is 12.3. The van der Waals surface area contributed by atoms with E-state index in [2.05, 4.69) is 26.2 Å². The van der Waals surface area contributed by atoms with Gasteiger partial charge < -0.3 is 5.32 Å². The van der Waals surface area contributed by atoms with Crippen molar-refractivity contribution in [1.29, 1.82) is 0 Å². The molecule has 0 saturated carbocycles. The van der Waals surface area contributed by atoms with Gasteiger partial charge in [-0.05, 0) is 31.5 Å². The summed E-state index contributed by atoms with van der Waals surface area (Å²) < 4.78 is 0.954. The Labute approximate surface area is 118 Å². The highest BCUT2D eigenvalue weighted by Gasteiger charge is 2.05. The first-order chi connectivity index (χ1) is 8.63. The monoisotopic (exact) mass is 324 g/mol. The molecule has 1 N–H and O–H groups in total. The second-order valence-corrected chi connectivity index (χ2v) is 5.89. The molecule has 18 heavy (non-hydrogen) atoms. The van der Waals surface area contributed by atoms with Gasteiger partial charge in [0.2, 0.25) is 5.91 Å². The normalized spacial score (nSPS) is 10.3. The van der Waals surface area contributed by atoms with Crippen molar-refractivity contribution in [2.45, 2.75) is 19.8 Å². The SMILES string of the molecule is Cc1nc(CCC(=O)Nc2cccc(Br)c2)cs1. The van der Waals surface area contributed by atoms with E-state index in [1.54, 1.807) is 11.3 Å².